The highest BCUT2D eigenvalue weighted by Gasteiger charge is 2.24. The topological polar surface area (TPSA) is 66.9 Å². The van der Waals surface area contributed by atoms with Crippen molar-refractivity contribution >= 4 is 17.8 Å². The number of hydrogen-bond donors (Lipinski definition) is 0. The van der Waals surface area contributed by atoms with Crippen LogP contribution >= 0.6 is 0 Å². The Hall–Kier alpha value is -2.44. The number of nitrogens with zero attached hydrogens (tertiary/aromatic N) is 2. The summed E-state index contributed by atoms with van der Waals surface area (Å²) in [4.78, 5) is 38.7. The SMILES string of the molecule is CC(=O)N1CCN(C(=O)COC(=O)C(C)Cc2cccc(F)c2)CC1. The summed E-state index contributed by atoms with van der Waals surface area (Å²) in [6.07, 6.45) is 0.349. The van der Waals surface area contributed by atoms with Crippen molar-refractivity contribution < 1.29 is 23.5 Å². The van der Waals surface area contributed by atoms with Gasteiger partial charge < -0.3 is 14.5 Å². The van der Waals surface area contributed by atoms with Gasteiger partial charge in [0.1, 0.15) is 5.82 Å². The van der Waals surface area contributed by atoms with Gasteiger partial charge in [0.05, 0.1) is 5.92 Å². The van der Waals surface area contributed by atoms with E-state index in [-0.39, 0.29) is 24.2 Å². The number of rotatable bonds is 5. The van der Waals surface area contributed by atoms with Crippen LogP contribution in [0, 0.1) is 11.7 Å². The van der Waals surface area contributed by atoms with Crippen LogP contribution in [0.15, 0.2) is 24.3 Å². The molecule has 1 unspecified atom stereocenters. The van der Waals surface area contributed by atoms with E-state index in [1.807, 2.05) is 0 Å². The summed E-state index contributed by atoms with van der Waals surface area (Å²) in [5, 5.41) is 0. The first-order valence-corrected chi connectivity index (χ1v) is 8.31. The van der Waals surface area contributed by atoms with Gasteiger partial charge in [-0.05, 0) is 24.1 Å². The summed E-state index contributed by atoms with van der Waals surface area (Å²) in [5.41, 5.74) is 0.705. The van der Waals surface area contributed by atoms with Crippen LogP contribution < -0.4 is 0 Å². The minimum absolute atomic E-state index is 0.00954. The number of carbonyl (C=O) groups excluding carboxylic acids is 3. The molecule has 2 amide bonds. The van der Waals surface area contributed by atoms with Gasteiger partial charge in [-0.25, -0.2) is 4.39 Å². The van der Waals surface area contributed by atoms with Crippen LogP contribution in [-0.2, 0) is 25.5 Å². The van der Waals surface area contributed by atoms with E-state index < -0.39 is 11.9 Å². The second-order valence-corrected chi connectivity index (χ2v) is 6.23. The van der Waals surface area contributed by atoms with Gasteiger partial charge in [0.15, 0.2) is 6.61 Å². The Morgan fingerprint density at radius 1 is 1.16 bits per heavy atom. The fourth-order valence-electron chi connectivity index (χ4n) is 2.74. The molecule has 0 saturated carbocycles. The predicted molar refractivity (Wildman–Crippen MR) is 89.1 cm³/mol. The summed E-state index contributed by atoms with van der Waals surface area (Å²) >= 11 is 0. The Bertz CT molecular complexity index is 642. The van der Waals surface area contributed by atoms with E-state index in [0.29, 0.717) is 38.2 Å². The maximum atomic E-state index is 13.2. The van der Waals surface area contributed by atoms with Crippen molar-refractivity contribution in [2.75, 3.05) is 32.8 Å². The predicted octanol–water partition coefficient (Wildman–Crippen LogP) is 1.24. The Balaban J connectivity index is 1.75. The number of piperazine rings is 1. The minimum atomic E-state index is -0.486. The Kier molecular flexibility index (Phi) is 6.50. The van der Waals surface area contributed by atoms with Gasteiger partial charge in [-0.15, -0.1) is 0 Å². The van der Waals surface area contributed by atoms with Crippen molar-refractivity contribution in [1.82, 2.24) is 9.80 Å². The third kappa shape index (κ3) is 5.55. The van der Waals surface area contributed by atoms with Gasteiger partial charge in [0, 0.05) is 33.1 Å². The molecule has 0 spiro atoms. The molecule has 1 heterocycles. The molecule has 1 fully saturated rings. The standard InChI is InChI=1S/C18H23FN2O4/c1-13(10-15-4-3-5-16(19)11-15)18(24)25-12-17(23)21-8-6-20(7-9-21)14(2)22/h3-5,11,13H,6-10,12H2,1-2H3. The van der Waals surface area contributed by atoms with Gasteiger partial charge in [0.2, 0.25) is 5.91 Å². The van der Waals surface area contributed by atoms with Gasteiger partial charge in [-0.2, -0.15) is 0 Å². The van der Waals surface area contributed by atoms with Crippen molar-refractivity contribution in [3.63, 3.8) is 0 Å². The fraction of sp³-hybridized carbons (Fsp3) is 0.500. The number of amides is 2. The lowest BCUT2D eigenvalue weighted by Crippen LogP contribution is -2.51. The highest BCUT2D eigenvalue weighted by atomic mass is 19.1. The van der Waals surface area contributed by atoms with Gasteiger partial charge >= 0.3 is 5.97 Å². The number of halogens is 1. The number of hydrogen-bond acceptors (Lipinski definition) is 4. The zero-order valence-corrected chi connectivity index (χ0v) is 14.5. The second-order valence-electron chi connectivity index (χ2n) is 6.23. The summed E-state index contributed by atoms with van der Waals surface area (Å²) in [5.74, 6) is -1.58. The lowest BCUT2D eigenvalue weighted by Gasteiger charge is -2.34. The van der Waals surface area contributed by atoms with Crippen LogP contribution in [-0.4, -0.2) is 60.4 Å². The molecule has 0 aliphatic carbocycles. The molecule has 2 rings (SSSR count). The molecule has 6 nitrogen and oxygen atoms in total. The van der Waals surface area contributed by atoms with Crippen LogP contribution in [0.4, 0.5) is 4.39 Å². The first-order chi connectivity index (χ1) is 11.9. The first kappa shape index (κ1) is 18.9. The van der Waals surface area contributed by atoms with E-state index in [1.165, 1.54) is 19.1 Å². The second kappa shape index (κ2) is 8.60. The zero-order chi connectivity index (χ0) is 18.4. The van der Waals surface area contributed by atoms with Crippen LogP contribution in [0.25, 0.3) is 0 Å². The highest BCUT2D eigenvalue weighted by molar-refractivity contribution is 5.81. The molecule has 1 aliphatic rings. The fourth-order valence-corrected chi connectivity index (χ4v) is 2.74. The maximum Gasteiger partial charge on any atom is 0.309 e. The Labute approximate surface area is 146 Å². The van der Waals surface area contributed by atoms with Crippen molar-refractivity contribution in [2.45, 2.75) is 20.3 Å². The number of benzene rings is 1. The summed E-state index contributed by atoms with van der Waals surface area (Å²) < 4.78 is 18.3. The molecule has 25 heavy (non-hydrogen) atoms. The Morgan fingerprint density at radius 3 is 2.40 bits per heavy atom. The van der Waals surface area contributed by atoms with Gasteiger partial charge in [0.25, 0.3) is 5.91 Å². The summed E-state index contributed by atoms with van der Waals surface area (Å²) in [7, 11) is 0. The molecule has 0 radical (unpaired) electrons. The molecule has 1 aromatic rings. The van der Waals surface area contributed by atoms with Crippen molar-refractivity contribution in [2.24, 2.45) is 5.92 Å². The van der Waals surface area contributed by atoms with E-state index >= 15 is 0 Å². The molecule has 1 aromatic carbocycles. The third-order valence-electron chi connectivity index (χ3n) is 4.25. The van der Waals surface area contributed by atoms with Crippen molar-refractivity contribution in [3.05, 3.63) is 35.6 Å². The third-order valence-corrected chi connectivity index (χ3v) is 4.25. The molecule has 1 aliphatic heterocycles. The monoisotopic (exact) mass is 350 g/mol. The molecule has 136 valence electrons. The first-order valence-electron chi connectivity index (χ1n) is 8.31. The summed E-state index contributed by atoms with van der Waals surface area (Å²) in [6.45, 7) is 4.73. The molecule has 0 N–H and O–H groups in total. The minimum Gasteiger partial charge on any atom is -0.455 e. The average molecular weight is 350 g/mol. The van der Waals surface area contributed by atoms with Crippen LogP contribution in [0.2, 0.25) is 0 Å². The van der Waals surface area contributed by atoms with Gasteiger partial charge in [-0.1, -0.05) is 19.1 Å². The molecule has 1 saturated heterocycles. The molecule has 0 bridgehead atoms. The normalized spacial score (nSPS) is 15.6. The maximum absolute atomic E-state index is 13.2. The summed E-state index contributed by atoms with van der Waals surface area (Å²) in [6, 6.07) is 6.06. The van der Waals surface area contributed by atoms with Crippen molar-refractivity contribution in [3.8, 4) is 0 Å². The van der Waals surface area contributed by atoms with Crippen molar-refractivity contribution in [1.29, 1.82) is 0 Å². The smallest absolute Gasteiger partial charge is 0.309 e. The Morgan fingerprint density at radius 2 is 1.80 bits per heavy atom. The highest BCUT2D eigenvalue weighted by Crippen LogP contribution is 2.12. The van der Waals surface area contributed by atoms with E-state index in [4.69, 9.17) is 4.74 Å². The lowest BCUT2D eigenvalue weighted by atomic mass is 10.0. The van der Waals surface area contributed by atoms with E-state index in [9.17, 15) is 18.8 Å². The zero-order valence-electron chi connectivity index (χ0n) is 14.5. The van der Waals surface area contributed by atoms with Crippen LogP contribution in [0.1, 0.15) is 19.4 Å². The van der Waals surface area contributed by atoms with Gasteiger partial charge in [-0.3, -0.25) is 14.4 Å². The molecular formula is C18H23FN2O4. The van der Waals surface area contributed by atoms with Crippen LogP contribution in [0.3, 0.4) is 0 Å². The number of ether oxygens (including phenoxy) is 1. The quantitative estimate of drug-likeness (QED) is 0.750. The van der Waals surface area contributed by atoms with E-state index in [1.54, 1.807) is 28.9 Å². The van der Waals surface area contributed by atoms with E-state index in [2.05, 4.69) is 0 Å². The largest absolute Gasteiger partial charge is 0.455 e. The molecule has 1 atom stereocenters. The molecule has 0 aromatic heterocycles. The lowest BCUT2D eigenvalue weighted by molar-refractivity contribution is -0.156. The molecule has 7 heteroatoms. The molecular weight excluding hydrogens is 327 g/mol. The number of esters is 1. The van der Waals surface area contributed by atoms with E-state index in [0.717, 1.165) is 0 Å². The average Bonchev–Trinajstić information content (AvgIpc) is 2.59. The number of carbonyl (C=O) groups is 3. The van der Waals surface area contributed by atoms with Crippen LogP contribution in [0.5, 0.6) is 0 Å².